The van der Waals surface area contributed by atoms with Gasteiger partial charge in [0.05, 0.1) is 11.5 Å². The molecule has 1 aromatic rings. The summed E-state index contributed by atoms with van der Waals surface area (Å²) in [5, 5.41) is 11.0. The molecule has 0 bridgehead atoms. The number of Topliss-reactive ketones (excluding diaryl/α,β-unsaturated/α-hetero) is 1. The van der Waals surface area contributed by atoms with E-state index in [1.54, 1.807) is 0 Å². The van der Waals surface area contributed by atoms with E-state index in [4.69, 9.17) is 15.2 Å². The monoisotopic (exact) mass is 294 g/mol. The highest BCUT2D eigenvalue weighted by molar-refractivity contribution is 5.93. The number of nitrogens with two attached hydrogens (primary N) is 1. The quantitative estimate of drug-likeness (QED) is 0.608. The maximum Gasteiger partial charge on any atom is 0.311 e. The number of ketones is 1. The largest absolute Gasteiger partial charge is 0.479 e. The molecule has 21 heavy (non-hydrogen) atoms. The molecule has 1 unspecified atom stereocenters. The molecule has 0 spiro atoms. The number of hydrogen-bond donors (Lipinski definition) is 1. The van der Waals surface area contributed by atoms with Gasteiger partial charge in [-0.25, -0.2) is 0 Å². The minimum absolute atomic E-state index is 0.00423. The number of nitro benzene ring substituents is 1. The van der Waals surface area contributed by atoms with E-state index in [1.165, 1.54) is 12.1 Å². The Bertz CT molecular complexity index is 580. The summed E-state index contributed by atoms with van der Waals surface area (Å²) in [4.78, 5) is 33.1. The van der Waals surface area contributed by atoms with Gasteiger partial charge in [-0.1, -0.05) is 0 Å². The van der Waals surface area contributed by atoms with Gasteiger partial charge in [-0.2, -0.15) is 0 Å². The Morgan fingerprint density at radius 2 is 2.24 bits per heavy atom. The van der Waals surface area contributed by atoms with Crippen molar-refractivity contribution in [1.82, 2.24) is 0 Å². The summed E-state index contributed by atoms with van der Waals surface area (Å²) in [5.41, 5.74) is 4.67. The fourth-order valence-corrected chi connectivity index (χ4v) is 1.99. The Morgan fingerprint density at radius 1 is 1.48 bits per heavy atom. The summed E-state index contributed by atoms with van der Waals surface area (Å²) in [6.07, 6.45) is 0.630. The fraction of sp³-hybridized carbons (Fsp3) is 0.385. The van der Waals surface area contributed by atoms with Gasteiger partial charge in [-0.05, 0) is 18.6 Å². The number of rotatable bonds is 6. The molecule has 1 saturated heterocycles. The Morgan fingerprint density at radius 3 is 2.81 bits per heavy atom. The van der Waals surface area contributed by atoms with E-state index < -0.39 is 16.5 Å². The molecular formula is C13H14N2O6. The topological polar surface area (TPSA) is 122 Å². The summed E-state index contributed by atoms with van der Waals surface area (Å²) in [6, 6.07) is 3.60. The number of carbonyl (C=O) groups excluding carboxylic acids is 2. The first-order valence-electron chi connectivity index (χ1n) is 6.30. The van der Waals surface area contributed by atoms with Crippen molar-refractivity contribution in [2.75, 3.05) is 19.8 Å². The van der Waals surface area contributed by atoms with Crippen LogP contribution in [0.5, 0.6) is 5.75 Å². The van der Waals surface area contributed by atoms with Crippen molar-refractivity contribution in [3.05, 3.63) is 33.9 Å². The highest BCUT2D eigenvalue weighted by Gasteiger charge is 2.25. The van der Waals surface area contributed by atoms with Crippen LogP contribution in [0.15, 0.2) is 18.2 Å². The number of benzene rings is 1. The number of hydrogen-bond acceptors (Lipinski definition) is 6. The molecule has 0 radical (unpaired) electrons. The molecule has 2 rings (SSSR count). The van der Waals surface area contributed by atoms with Crippen molar-refractivity contribution in [1.29, 1.82) is 0 Å². The summed E-state index contributed by atoms with van der Waals surface area (Å²) in [5.74, 6) is -1.24. The molecule has 1 amide bonds. The third-order valence-corrected chi connectivity index (χ3v) is 3.20. The molecule has 1 aliphatic heterocycles. The van der Waals surface area contributed by atoms with E-state index in [2.05, 4.69) is 0 Å². The van der Waals surface area contributed by atoms with Gasteiger partial charge in [-0.15, -0.1) is 0 Å². The lowest BCUT2D eigenvalue weighted by Crippen LogP contribution is -2.22. The predicted octanol–water partition coefficient (Wildman–Crippen LogP) is 0.678. The van der Waals surface area contributed by atoms with Crippen LogP contribution in [0.1, 0.15) is 16.8 Å². The van der Waals surface area contributed by atoms with E-state index in [-0.39, 0.29) is 29.6 Å². The fourth-order valence-electron chi connectivity index (χ4n) is 1.99. The first kappa shape index (κ1) is 14.9. The van der Waals surface area contributed by atoms with Crippen molar-refractivity contribution in [2.24, 2.45) is 11.7 Å². The van der Waals surface area contributed by atoms with Gasteiger partial charge in [0.15, 0.2) is 11.5 Å². The molecule has 0 saturated carbocycles. The lowest BCUT2D eigenvalue weighted by Gasteiger charge is -2.09. The molecule has 1 heterocycles. The van der Waals surface area contributed by atoms with E-state index in [0.717, 1.165) is 6.07 Å². The molecule has 1 atom stereocenters. The second-order valence-electron chi connectivity index (χ2n) is 4.62. The average Bonchev–Trinajstić information content (AvgIpc) is 2.98. The first-order valence-corrected chi connectivity index (χ1v) is 6.30. The lowest BCUT2D eigenvalue weighted by molar-refractivity contribution is -0.385. The highest BCUT2D eigenvalue weighted by Crippen LogP contribution is 2.28. The highest BCUT2D eigenvalue weighted by atomic mass is 16.6. The number of primary amides is 1. The summed E-state index contributed by atoms with van der Waals surface area (Å²) >= 11 is 0. The zero-order valence-electron chi connectivity index (χ0n) is 11.1. The molecular weight excluding hydrogens is 280 g/mol. The van der Waals surface area contributed by atoms with Crippen LogP contribution < -0.4 is 10.5 Å². The maximum absolute atomic E-state index is 11.8. The molecule has 1 aliphatic rings. The molecule has 1 aromatic carbocycles. The summed E-state index contributed by atoms with van der Waals surface area (Å²) in [7, 11) is 0. The normalized spacial score (nSPS) is 17.4. The Kier molecular flexibility index (Phi) is 4.49. The van der Waals surface area contributed by atoms with Crippen LogP contribution in [-0.4, -0.2) is 36.4 Å². The minimum atomic E-state index is -0.774. The van der Waals surface area contributed by atoms with Crippen molar-refractivity contribution >= 4 is 17.4 Å². The second kappa shape index (κ2) is 6.31. The summed E-state index contributed by atoms with van der Waals surface area (Å²) in [6.45, 7) is 0.611. The third kappa shape index (κ3) is 3.54. The second-order valence-corrected chi connectivity index (χ2v) is 4.62. The Balaban J connectivity index is 2.10. The molecule has 112 valence electrons. The predicted molar refractivity (Wildman–Crippen MR) is 71.0 cm³/mol. The van der Waals surface area contributed by atoms with Gasteiger partial charge < -0.3 is 15.2 Å². The average molecular weight is 294 g/mol. The van der Waals surface area contributed by atoms with Crippen LogP contribution in [0.3, 0.4) is 0 Å². The van der Waals surface area contributed by atoms with Gasteiger partial charge in [0.25, 0.3) is 0 Å². The standard InChI is InChI=1S/C13H14N2O6/c14-13(17)8-1-2-12(10(5-8)15(18)19)21-7-11(16)9-3-4-20-6-9/h1-2,5,9H,3-4,6-7H2,(H2,14,17). The van der Waals surface area contributed by atoms with Crippen molar-refractivity contribution in [3.63, 3.8) is 0 Å². The third-order valence-electron chi connectivity index (χ3n) is 3.20. The number of nitrogens with zero attached hydrogens (tertiary/aromatic N) is 1. The molecule has 1 fully saturated rings. The molecule has 0 aliphatic carbocycles. The van der Waals surface area contributed by atoms with Crippen LogP contribution >= 0.6 is 0 Å². The van der Waals surface area contributed by atoms with Crippen molar-refractivity contribution in [2.45, 2.75) is 6.42 Å². The first-order chi connectivity index (χ1) is 9.99. The van der Waals surface area contributed by atoms with Gasteiger partial charge in [-0.3, -0.25) is 19.7 Å². The molecule has 2 N–H and O–H groups in total. The molecule has 8 nitrogen and oxygen atoms in total. The van der Waals surface area contributed by atoms with E-state index >= 15 is 0 Å². The van der Waals surface area contributed by atoms with Crippen molar-refractivity contribution in [3.8, 4) is 5.75 Å². The molecule has 8 heteroatoms. The molecule has 0 aromatic heterocycles. The van der Waals surface area contributed by atoms with Crippen LogP contribution in [0.4, 0.5) is 5.69 Å². The Labute approximate surface area is 120 Å². The summed E-state index contributed by atoms with van der Waals surface area (Å²) < 4.78 is 10.3. The number of amides is 1. The van der Waals surface area contributed by atoms with E-state index in [1.807, 2.05) is 0 Å². The SMILES string of the molecule is NC(=O)c1ccc(OCC(=O)C2CCOC2)c([N+](=O)[O-])c1. The zero-order valence-corrected chi connectivity index (χ0v) is 11.1. The van der Waals surface area contributed by atoms with E-state index in [9.17, 15) is 19.7 Å². The van der Waals surface area contributed by atoms with Gasteiger partial charge >= 0.3 is 5.69 Å². The minimum Gasteiger partial charge on any atom is -0.479 e. The van der Waals surface area contributed by atoms with Gasteiger partial charge in [0.1, 0.15) is 6.61 Å². The van der Waals surface area contributed by atoms with Gasteiger partial charge in [0.2, 0.25) is 5.91 Å². The number of nitro groups is 1. The number of carbonyl (C=O) groups is 2. The maximum atomic E-state index is 11.8. The Hall–Kier alpha value is -2.48. The van der Waals surface area contributed by atoms with Crippen LogP contribution in [0.25, 0.3) is 0 Å². The van der Waals surface area contributed by atoms with Crippen LogP contribution in [0, 0.1) is 16.0 Å². The van der Waals surface area contributed by atoms with Crippen molar-refractivity contribution < 1.29 is 24.0 Å². The lowest BCUT2D eigenvalue weighted by atomic mass is 10.0. The smallest absolute Gasteiger partial charge is 0.311 e. The zero-order chi connectivity index (χ0) is 15.4. The number of ether oxygens (including phenoxy) is 2. The van der Waals surface area contributed by atoms with E-state index in [0.29, 0.717) is 19.6 Å². The van der Waals surface area contributed by atoms with Crippen LogP contribution in [-0.2, 0) is 9.53 Å². The van der Waals surface area contributed by atoms with Gasteiger partial charge in [0, 0.05) is 24.2 Å². The van der Waals surface area contributed by atoms with Crippen LogP contribution in [0.2, 0.25) is 0 Å².